The summed E-state index contributed by atoms with van der Waals surface area (Å²) in [5.41, 5.74) is -1.22. The summed E-state index contributed by atoms with van der Waals surface area (Å²) in [5.74, 6) is -1.24. The maximum atomic E-state index is 12.8. The number of rotatable bonds is 4. The third kappa shape index (κ3) is 3.87. The Kier molecular flexibility index (Phi) is 4.70. The number of carboxylic acids is 1. The van der Waals surface area contributed by atoms with E-state index in [4.69, 9.17) is 16.3 Å². The summed E-state index contributed by atoms with van der Waals surface area (Å²) in [7, 11) is 1.35. The summed E-state index contributed by atoms with van der Waals surface area (Å²) in [5, 5.41) is 13.8. The van der Waals surface area contributed by atoms with Crippen molar-refractivity contribution in [1.29, 1.82) is 0 Å². The Bertz CT molecular complexity index is 747. The molecule has 2 aromatic carbocycles. The molecule has 0 amide bonds. The number of aromatic carboxylic acids is 1. The number of nitrogens with one attached hydrogen (secondary N) is 1. The molecule has 0 spiro atoms. The number of carbonyl (C=O) groups excluding carboxylic acids is 1. The van der Waals surface area contributed by atoms with Crippen molar-refractivity contribution < 1.29 is 27.8 Å². The lowest BCUT2D eigenvalue weighted by atomic mass is 10.1. The molecule has 0 aliphatic carbocycles. The third-order valence-corrected chi connectivity index (χ3v) is 3.34. The van der Waals surface area contributed by atoms with Gasteiger partial charge < -0.3 is 20.0 Å². The molecule has 0 aliphatic heterocycles. The summed E-state index contributed by atoms with van der Waals surface area (Å²) in [6.07, 6.45) is -4.54. The number of alkyl halides is 3. The zero-order chi connectivity index (χ0) is 17.2. The number of carboxylic acid groups (broad SMARTS) is 1. The highest BCUT2D eigenvalue weighted by atomic mass is 35.5. The standard InChI is InChI=1S/C15H11ClF3NO3/c1-23-9-3-5-12(10(7-9)14(21)22)20-13-6-8(15(17,18)19)2-4-11(13)16/h2-7,20H,1H3,(H,21,22)/p-1. The van der Waals surface area contributed by atoms with Gasteiger partial charge in [-0.2, -0.15) is 13.2 Å². The van der Waals surface area contributed by atoms with Crippen molar-refractivity contribution in [3.63, 3.8) is 0 Å². The average molecular weight is 345 g/mol. The smallest absolute Gasteiger partial charge is 0.416 e. The number of hydrogen-bond acceptors (Lipinski definition) is 4. The van der Waals surface area contributed by atoms with E-state index in [1.165, 1.54) is 25.3 Å². The van der Waals surface area contributed by atoms with Gasteiger partial charge in [-0.15, -0.1) is 0 Å². The van der Waals surface area contributed by atoms with Crippen LogP contribution in [0.2, 0.25) is 5.02 Å². The summed E-state index contributed by atoms with van der Waals surface area (Å²) < 4.78 is 43.2. The monoisotopic (exact) mass is 344 g/mol. The number of benzene rings is 2. The zero-order valence-electron chi connectivity index (χ0n) is 11.7. The molecule has 2 rings (SSSR count). The number of methoxy groups -OCH3 is 1. The second-order valence-corrected chi connectivity index (χ2v) is 4.92. The number of hydrogen-bond donors (Lipinski definition) is 1. The molecule has 2 aromatic rings. The molecular weight excluding hydrogens is 335 g/mol. The number of carbonyl (C=O) groups is 1. The van der Waals surface area contributed by atoms with Gasteiger partial charge in [0, 0.05) is 11.3 Å². The lowest BCUT2D eigenvalue weighted by Crippen LogP contribution is -2.23. The second-order valence-electron chi connectivity index (χ2n) is 4.52. The van der Waals surface area contributed by atoms with Crippen LogP contribution in [0.25, 0.3) is 0 Å². The molecule has 0 heterocycles. The van der Waals surface area contributed by atoms with E-state index in [1.807, 2.05) is 0 Å². The Morgan fingerprint density at radius 2 is 1.87 bits per heavy atom. The fourth-order valence-electron chi connectivity index (χ4n) is 1.87. The normalized spacial score (nSPS) is 11.2. The van der Waals surface area contributed by atoms with E-state index in [-0.39, 0.29) is 27.7 Å². The second kappa shape index (κ2) is 6.37. The van der Waals surface area contributed by atoms with Crippen LogP contribution in [-0.4, -0.2) is 13.1 Å². The van der Waals surface area contributed by atoms with Crippen LogP contribution >= 0.6 is 11.6 Å². The van der Waals surface area contributed by atoms with Crippen LogP contribution in [0, 0.1) is 0 Å². The van der Waals surface area contributed by atoms with E-state index in [0.29, 0.717) is 0 Å². The molecule has 4 nitrogen and oxygen atoms in total. The van der Waals surface area contributed by atoms with Gasteiger partial charge in [0.2, 0.25) is 0 Å². The molecule has 0 aromatic heterocycles. The molecule has 8 heteroatoms. The van der Waals surface area contributed by atoms with Gasteiger partial charge in [0.05, 0.1) is 29.4 Å². The minimum Gasteiger partial charge on any atom is -0.545 e. The number of anilines is 2. The first-order valence-electron chi connectivity index (χ1n) is 6.25. The van der Waals surface area contributed by atoms with Crippen LogP contribution in [0.5, 0.6) is 5.75 Å². The highest BCUT2D eigenvalue weighted by Crippen LogP contribution is 2.35. The van der Waals surface area contributed by atoms with E-state index < -0.39 is 17.7 Å². The molecule has 0 unspecified atom stereocenters. The molecular formula is C15H10ClF3NO3-. The Morgan fingerprint density at radius 1 is 1.17 bits per heavy atom. The number of ether oxygens (including phenoxy) is 1. The Balaban J connectivity index is 2.45. The van der Waals surface area contributed by atoms with Crippen LogP contribution in [-0.2, 0) is 6.18 Å². The van der Waals surface area contributed by atoms with Gasteiger partial charge in [-0.3, -0.25) is 0 Å². The SMILES string of the molecule is COc1ccc(Nc2cc(C(F)(F)F)ccc2Cl)c(C(=O)[O-])c1. The molecule has 0 radical (unpaired) electrons. The van der Waals surface area contributed by atoms with Crippen LogP contribution in [0.3, 0.4) is 0 Å². The fourth-order valence-corrected chi connectivity index (χ4v) is 2.04. The molecule has 0 fully saturated rings. The van der Waals surface area contributed by atoms with Gasteiger partial charge >= 0.3 is 6.18 Å². The van der Waals surface area contributed by atoms with Crippen molar-refractivity contribution in [3.8, 4) is 5.75 Å². The predicted octanol–water partition coefficient (Wildman–Crippen LogP) is 3.47. The van der Waals surface area contributed by atoms with Crippen molar-refractivity contribution in [1.82, 2.24) is 0 Å². The van der Waals surface area contributed by atoms with Gasteiger partial charge in [0.25, 0.3) is 0 Å². The van der Waals surface area contributed by atoms with Gasteiger partial charge in [0.1, 0.15) is 5.75 Å². The van der Waals surface area contributed by atoms with Gasteiger partial charge in [-0.05, 0) is 36.4 Å². The highest BCUT2D eigenvalue weighted by molar-refractivity contribution is 6.33. The molecule has 122 valence electrons. The predicted molar refractivity (Wildman–Crippen MR) is 77.1 cm³/mol. The Hall–Kier alpha value is -2.41. The molecule has 23 heavy (non-hydrogen) atoms. The molecule has 0 saturated heterocycles. The quantitative estimate of drug-likeness (QED) is 0.922. The van der Waals surface area contributed by atoms with E-state index in [0.717, 1.165) is 18.2 Å². The lowest BCUT2D eigenvalue weighted by Gasteiger charge is -2.16. The molecule has 1 N–H and O–H groups in total. The Labute approximate surface area is 134 Å². The number of halogens is 4. The van der Waals surface area contributed by atoms with Crippen LogP contribution in [0.15, 0.2) is 36.4 Å². The van der Waals surface area contributed by atoms with Crippen molar-refractivity contribution >= 4 is 28.9 Å². The fraction of sp³-hybridized carbons (Fsp3) is 0.133. The van der Waals surface area contributed by atoms with Crippen LogP contribution < -0.4 is 15.2 Å². The van der Waals surface area contributed by atoms with Gasteiger partial charge in [0.15, 0.2) is 0 Å². The largest absolute Gasteiger partial charge is 0.545 e. The van der Waals surface area contributed by atoms with E-state index >= 15 is 0 Å². The van der Waals surface area contributed by atoms with E-state index in [9.17, 15) is 23.1 Å². The molecule has 0 aliphatic rings. The van der Waals surface area contributed by atoms with Crippen molar-refractivity contribution in [2.24, 2.45) is 0 Å². The maximum Gasteiger partial charge on any atom is 0.416 e. The van der Waals surface area contributed by atoms with E-state index in [2.05, 4.69) is 5.32 Å². The average Bonchev–Trinajstić information content (AvgIpc) is 2.48. The van der Waals surface area contributed by atoms with Gasteiger partial charge in [-0.25, -0.2) is 0 Å². The minimum atomic E-state index is -4.54. The molecule has 0 atom stereocenters. The van der Waals surface area contributed by atoms with Crippen molar-refractivity contribution in [3.05, 3.63) is 52.5 Å². The summed E-state index contributed by atoms with van der Waals surface area (Å²) in [6.45, 7) is 0. The molecule has 0 saturated carbocycles. The van der Waals surface area contributed by atoms with Gasteiger partial charge in [-0.1, -0.05) is 11.6 Å². The summed E-state index contributed by atoms with van der Waals surface area (Å²) in [6, 6.07) is 6.71. The topological polar surface area (TPSA) is 61.4 Å². The summed E-state index contributed by atoms with van der Waals surface area (Å²) >= 11 is 5.87. The van der Waals surface area contributed by atoms with Crippen LogP contribution in [0.4, 0.5) is 24.5 Å². The minimum absolute atomic E-state index is 0.0121. The van der Waals surface area contributed by atoms with Crippen LogP contribution in [0.1, 0.15) is 15.9 Å². The lowest BCUT2D eigenvalue weighted by molar-refractivity contribution is -0.254. The first kappa shape index (κ1) is 17.0. The zero-order valence-corrected chi connectivity index (χ0v) is 12.5. The molecule has 0 bridgehead atoms. The maximum absolute atomic E-state index is 12.8. The Morgan fingerprint density at radius 3 is 2.43 bits per heavy atom. The van der Waals surface area contributed by atoms with Crippen molar-refractivity contribution in [2.45, 2.75) is 6.18 Å². The van der Waals surface area contributed by atoms with E-state index in [1.54, 1.807) is 0 Å². The summed E-state index contributed by atoms with van der Waals surface area (Å²) in [4.78, 5) is 11.2. The third-order valence-electron chi connectivity index (χ3n) is 3.01. The first-order valence-corrected chi connectivity index (χ1v) is 6.63. The van der Waals surface area contributed by atoms with Crippen molar-refractivity contribution in [2.75, 3.05) is 12.4 Å². The highest BCUT2D eigenvalue weighted by Gasteiger charge is 2.31. The first-order chi connectivity index (χ1) is 10.7.